The van der Waals surface area contributed by atoms with Crippen LogP contribution in [0.25, 0.3) is 0 Å². The van der Waals surface area contributed by atoms with Crippen molar-refractivity contribution in [2.75, 3.05) is 28.4 Å². The van der Waals surface area contributed by atoms with E-state index in [1.165, 1.54) is 28.4 Å². The van der Waals surface area contributed by atoms with Gasteiger partial charge in [-0.05, 0) is 60.6 Å². The van der Waals surface area contributed by atoms with Crippen LogP contribution in [-0.4, -0.2) is 50.6 Å². The number of carbonyl (C=O) groups is 2. The van der Waals surface area contributed by atoms with E-state index in [4.69, 9.17) is 18.9 Å². The highest BCUT2D eigenvalue weighted by Crippen LogP contribution is 2.33. The van der Waals surface area contributed by atoms with E-state index in [0.29, 0.717) is 29.4 Å². The summed E-state index contributed by atoms with van der Waals surface area (Å²) >= 11 is 0. The fraction of sp³-hybridized carbons (Fsp3) is 0.417. The summed E-state index contributed by atoms with van der Waals surface area (Å²) in [4.78, 5) is 23.5. The lowest BCUT2D eigenvalue weighted by atomic mass is 9.80. The van der Waals surface area contributed by atoms with E-state index >= 15 is 0 Å². The Bertz CT molecular complexity index is 924. The van der Waals surface area contributed by atoms with Crippen molar-refractivity contribution in [3.63, 3.8) is 0 Å². The second-order valence-electron chi connectivity index (χ2n) is 7.42. The number of hydrogen-bond acceptors (Lipinski definition) is 6. The molecule has 0 aromatic heterocycles. The Morgan fingerprint density at radius 3 is 1.62 bits per heavy atom. The third-order valence-corrected chi connectivity index (χ3v) is 5.46. The lowest BCUT2D eigenvalue weighted by molar-refractivity contribution is -0.145. The molecule has 0 saturated carbocycles. The van der Waals surface area contributed by atoms with E-state index in [1.54, 1.807) is 30.3 Å². The molecule has 32 heavy (non-hydrogen) atoms. The molecule has 0 radical (unpaired) electrons. The lowest BCUT2D eigenvalue weighted by Gasteiger charge is -2.24. The molecule has 0 aliphatic heterocycles. The predicted octanol–water partition coefficient (Wildman–Crippen LogP) is 3.69. The van der Waals surface area contributed by atoms with E-state index in [9.17, 15) is 19.8 Å². The highest BCUT2D eigenvalue weighted by Gasteiger charge is 2.29. The van der Waals surface area contributed by atoms with Crippen LogP contribution in [0.3, 0.4) is 0 Å². The third kappa shape index (κ3) is 6.54. The van der Waals surface area contributed by atoms with E-state index < -0.39 is 23.8 Å². The first-order valence-electron chi connectivity index (χ1n) is 10.2. The maximum absolute atomic E-state index is 12.2. The van der Waals surface area contributed by atoms with Crippen molar-refractivity contribution in [3.8, 4) is 23.0 Å². The molecule has 8 nitrogen and oxygen atoms in total. The van der Waals surface area contributed by atoms with Gasteiger partial charge in [0.15, 0.2) is 23.0 Å². The SMILES string of the molecule is COc1ccc(C[C@@H](CCC(=O)O)[C@@H](Cc2ccc(OC)c(OC)c2)C(=O)O)cc1OC. The molecule has 0 amide bonds. The first kappa shape index (κ1) is 24.8. The normalized spacial score (nSPS) is 12.5. The Morgan fingerprint density at radius 1 is 0.750 bits per heavy atom. The van der Waals surface area contributed by atoms with Crippen LogP contribution in [0.4, 0.5) is 0 Å². The molecule has 2 aromatic rings. The summed E-state index contributed by atoms with van der Waals surface area (Å²) in [7, 11) is 6.11. The molecule has 2 aromatic carbocycles. The molecule has 2 atom stereocenters. The summed E-state index contributed by atoms with van der Waals surface area (Å²) in [6, 6.07) is 10.7. The minimum absolute atomic E-state index is 0.117. The zero-order chi connectivity index (χ0) is 23.7. The van der Waals surface area contributed by atoms with Gasteiger partial charge in [-0.3, -0.25) is 9.59 Å². The zero-order valence-electron chi connectivity index (χ0n) is 18.8. The standard InChI is InChI=1S/C24H30O8/c1-29-19-8-5-15(13-21(19)31-3)11-17(7-10-23(25)26)18(24(27)28)12-16-6-9-20(30-2)22(14-16)32-4/h5-6,8-9,13-14,17-18H,7,10-12H2,1-4H3,(H,25,26)(H,27,28)/t17-,18-/m1/s1. The quantitative estimate of drug-likeness (QED) is 0.479. The second-order valence-corrected chi connectivity index (χ2v) is 7.42. The van der Waals surface area contributed by atoms with Gasteiger partial charge in [-0.25, -0.2) is 0 Å². The Hall–Kier alpha value is -3.42. The largest absolute Gasteiger partial charge is 0.493 e. The van der Waals surface area contributed by atoms with Crippen molar-refractivity contribution >= 4 is 11.9 Å². The fourth-order valence-electron chi connectivity index (χ4n) is 3.78. The van der Waals surface area contributed by atoms with Crippen molar-refractivity contribution in [1.29, 1.82) is 0 Å². The van der Waals surface area contributed by atoms with Gasteiger partial charge in [0.05, 0.1) is 34.4 Å². The summed E-state index contributed by atoms with van der Waals surface area (Å²) in [6.45, 7) is 0. The highest BCUT2D eigenvalue weighted by atomic mass is 16.5. The summed E-state index contributed by atoms with van der Waals surface area (Å²) in [5.74, 6) is -0.970. The number of aliphatic carboxylic acids is 2. The van der Waals surface area contributed by atoms with Crippen LogP contribution in [0, 0.1) is 11.8 Å². The molecule has 174 valence electrons. The van der Waals surface area contributed by atoms with Gasteiger partial charge >= 0.3 is 11.9 Å². The lowest BCUT2D eigenvalue weighted by Crippen LogP contribution is -2.28. The predicted molar refractivity (Wildman–Crippen MR) is 118 cm³/mol. The molecular formula is C24H30O8. The van der Waals surface area contributed by atoms with Crippen LogP contribution in [0.15, 0.2) is 36.4 Å². The highest BCUT2D eigenvalue weighted by molar-refractivity contribution is 5.71. The zero-order valence-corrected chi connectivity index (χ0v) is 18.8. The summed E-state index contributed by atoms with van der Waals surface area (Å²) in [5.41, 5.74) is 1.61. The molecule has 0 heterocycles. The van der Waals surface area contributed by atoms with Gasteiger partial charge in [0.2, 0.25) is 0 Å². The maximum atomic E-state index is 12.2. The first-order chi connectivity index (χ1) is 15.3. The maximum Gasteiger partial charge on any atom is 0.307 e. The molecule has 0 unspecified atom stereocenters. The first-order valence-corrected chi connectivity index (χ1v) is 10.2. The molecule has 0 aliphatic rings. The Morgan fingerprint density at radius 2 is 1.22 bits per heavy atom. The molecule has 8 heteroatoms. The number of hydrogen-bond donors (Lipinski definition) is 2. The molecule has 0 saturated heterocycles. The van der Waals surface area contributed by atoms with E-state index in [1.807, 2.05) is 6.07 Å². The van der Waals surface area contributed by atoms with Crippen LogP contribution in [0.1, 0.15) is 24.0 Å². The van der Waals surface area contributed by atoms with Gasteiger partial charge in [0.1, 0.15) is 0 Å². The van der Waals surface area contributed by atoms with Crippen molar-refractivity contribution in [1.82, 2.24) is 0 Å². The topological polar surface area (TPSA) is 112 Å². The molecule has 0 spiro atoms. The molecule has 0 fully saturated rings. The van der Waals surface area contributed by atoms with Crippen LogP contribution in [0.2, 0.25) is 0 Å². The number of carboxylic acids is 2. The van der Waals surface area contributed by atoms with Gasteiger partial charge in [-0.2, -0.15) is 0 Å². The molecular weight excluding hydrogens is 416 g/mol. The summed E-state index contributed by atoms with van der Waals surface area (Å²) in [6.07, 6.45) is 0.729. The van der Waals surface area contributed by atoms with Crippen molar-refractivity contribution in [2.45, 2.75) is 25.7 Å². The minimum atomic E-state index is -0.976. The Labute approximate surface area is 187 Å². The Kier molecular flexibility index (Phi) is 9.19. The molecule has 2 rings (SSSR count). The third-order valence-electron chi connectivity index (χ3n) is 5.46. The number of benzene rings is 2. The number of carboxylic acid groups (broad SMARTS) is 2. The minimum Gasteiger partial charge on any atom is -0.493 e. The second kappa shape index (κ2) is 11.8. The fourth-order valence-corrected chi connectivity index (χ4v) is 3.78. The smallest absolute Gasteiger partial charge is 0.307 e. The summed E-state index contributed by atoms with van der Waals surface area (Å²) in [5, 5.41) is 19.2. The molecule has 0 bridgehead atoms. The van der Waals surface area contributed by atoms with Gasteiger partial charge in [-0.1, -0.05) is 12.1 Å². The van der Waals surface area contributed by atoms with Crippen molar-refractivity contribution in [2.24, 2.45) is 11.8 Å². The number of methoxy groups -OCH3 is 4. The monoisotopic (exact) mass is 446 g/mol. The van der Waals surface area contributed by atoms with Crippen LogP contribution in [-0.2, 0) is 22.4 Å². The van der Waals surface area contributed by atoms with E-state index in [-0.39, 0.29) is 19.3 Å². The van der Waals surface area contributed by atoms with Gasteiger partial charge < -0.3 is 29.2 Å². The van der Waals surface area contributed by atoms with Gasteiger partial charge in [0.25, 0.3) is 0 Å². The average molecular weight is 446 g/mol. The van der Waals surface area contributed by atoms with Crippen LogP contribution in [0.5, 0.6) is 23.0 Å². The van der Waals surface area contributed by atoms with Crippen molar-refractivity contribution < 1.29 is 38.7 Å². The van der Waals surface area contributed by atoms with Gasteiger partial charge in [0, 0.05) is 6.42 Å². The Balaban J connectivity index is 2.34. The summed E-state index contributed by atoms with van der Waals surface area (Å²) < 4.78 is 21.2. The number of ether oxygens (including phenoxy) is 4. The van der Waals surface area contributed by atoms with Gasteiger partial charge in [-0.15, -0.1) is 0 Å². The molecule has 2 N–H and O–H groups in total. The van der Waals surface area contributed by atoms with Crippen LogP contribution >= 0.6 is 0 Å². The van der Waals surface area contributed by atoms with E-state index in [0.717, 1.165) is 11.1 Å². The van der Waals surface area contributed by atoms with E-state index in [2.05, 4.69) is 0 Å². The van der Waals surface area contributed by atoms with Crippen LogP contribution < -0.4 is 18.9 Å². The average Bonchev–Trinajstić information content (AvgIpc) is 2.79. The van der Waals surface area contributed by atoms with Crippen molar-refractivity contribution in [3.05, 3.63) is 47.5 Å². The molecule has 0 aliphatic carbocycles. The number of rotatable bonds is 13.